The number of methoxy groups -OCH3 is 1. The van der Waals surface area contributed by atoms with Gasteiger partial charge >= 0.3 is 0 Å². The van der Waals surface area contributed by atoms with E-state index in [0.29, 0.717) is 24.1 Å². The second kappa shape index (κ2) is 8.48. The van der Waals surface area contributed by atoms with Crippen LogP contribution in [0, 0.1) is 0 Å². The van der Waals surface area contributed by atoms with Gasteiger partial charge in [-0.25, -0.2) is 0 Å². The lowest BCUT2D eigenvalue weighted by Crippen LogP contribution is -2.30. The maximum absolute atomic E-state index is 8.92. The molecule has 5 rings (SSSR count). The second-order valence-electron chi connectivity index (χ2n) is 7.71. The lowest BCUT2D eigenvalue weighted by Gasteiger charge is -2.29. The largest absolute Gasteiger partial charge is 0.480 e. The first-order valence-electron chi connectivity index (χ1n) is 10.5. The van der Waals surface area contributed by atoms with Crippen molar-refractivity contribution in [2.45, 2.75) is 37.8 Å². The number of aliphatic hydroxyl groups is 1. The Labute approximate surface area is 178 Å². The molecule has 0 atom stereocenters. The van der Waals surface area contributed by atoms with Crippen LogP contribution < -0.4 is 10.1 Å². The predicted octanol–water partition coefficient (Wildman–Crippen LogP) is 2.41. The van der Waals surface area contributed by atoms with Gasteiger partial charge in [-0.2, -0.15) is 9.97 Å². The van der Waals surface area contributed by atoms with Gasteiger partial charge < -0.3 is 24.9 Å². The van der Waals surface area contributed by atoms with Crippen LogP contribution in [-0.2, 0) is 4.74 Å². The number of aliphatic hydroxyl groups excluding tert-OH is 1. The quantitative estimate of drug-likeness (QED) is 0.414. The molecule has 1 aliphatic carbocycles. The van der Waals surface area contributed by atoms with Gasteiger partial charge in [0.2, 0.25) is 11.8 Å². The minimum Gasteiger partial charge on any atom is -0.480 e. The first kappa shape index (κ1) is 19.7. The Morgan fingerprint density at radius 1 is 1.23 bits per heavy atom. The molecule has 10 nitrogen and oxygen atoms in total. The topological polar surface area (TPSA) is 122 Å². The minimum atomic E-state index is 0.0665. The maximum Gasteiger partial charge on any atom is 0.228 e. The maximum atomic E-state index is 8.92. The molecule has 4 aromatic heterocycles. The highest BCUT2D eigenvalue weighted by Crippen LogP contribution is 2.34. The van der Waals surface area contributed by atoms with Crippen LogP contribution in [0.4, 0.5) is 5.95 Å². The van der Waals surface area contributed by atoms with Crippen LogP contribution in [0.3, 0.4) is 0 Å². The molecule has 1 aliphatic rings. The molecule has 1 saturated carbocycles. The van der Waals surface area contributed by atoms with E-state index in [4.69, 9.17) is 19.6 Å². The van der Waals surface area contributed by atoms with Crippen molar-refractivity contribution in [2.24, 2.45) is 0 Å². The number of rotatable bonds is 7. The molecule has 0 spiro atoms. The van der Waals surface area contributed by atoms with Crippen molar-refractivity contribution in [3.05, 3.63) is 30.9 Å². The van der Waals surface area contributed by atoms with Gasteiger partial charge in [0.1, 0.15) is 12.0 Å². The van der Waals surface area contributed by atoms with Crippen LogP contribution in [0.5, 0.6) is 5.88 Å². The van der Waals surface area contributed by atoms with E-state index in [1.54, 1.807) is 13.4 Å². The van der Waals surface area contributed by atoms with Gasteiger partial charge in [0.25, 0.3) is 0 Å². The van der Waals surface area contributed by atoms with Crippen molar-refractivity contribution >= 4 is 22.6 Å². The number of H-pyrrole nitrogens is 1. The van der Waals surface area contributed by atoms with E-state index in [1.165, 1.54) is 0 Å². The zero-order valence-electron chi connectivity index (χ0n) is 17.3. The van der Waals surface area contributed by atoms with E-state index in [-0.39, 0.29) is 18.8 Å². The highest BCUT2D eigenvalue weighted by Gasteiger charge is 2.23. The van der Waals surface area contributed by atoms with E-state index in [9.17, 15) is 0 Å². The fraction of sp³-hybridized carbons (Fsp3) is 0.429. The number of nitrogens with zero attached hydrogens (tertiary/aromatic N) is 5. The summed E-state index contributed by atoms with van der Waals surface area (Å²) in [6.07, 6.45) is 9.63. The molecule has 0 aliphatic heterocycles. The molecule has 162 valence electrons. The number of ether oxygens (including phenoxy) is 2. The Morgan fingerprint density at radius 3 is 2.90 bits per heavy atom. The van der Waals surface area contributed by atoms with E-state index in [0.717, 1.165) is 47.8 Å². The number of anilines is 1. The monoisotopic (exact) mass is 423 g/mol. The zero-order chi connectivity index (χ0) is 21.2. The van der Waals surface area contributed by atoms with Gasteiger partial charge in [-0.05, 0) is 37.8 Å². The molecule has 0 unspecified atom stereocenters. The zero-order valence-corrected chi connectivity index (χ0v) is 17.3. The van der Waals surface area contributed by atoms with Gasteiger partial charge in [0, 0.05) is 29.6 Å². The predicted molar refractivity (Wildman–Crippen MR) is 115 cm³/mol. The van der Waals surface area contributed by atoms with Crippen molar-refractivity contribution < 1.29 is 14.6 Å². The number of pyridine rings is 1. The first-order valence-corrected chi connectivity index (χ1v) is 10.5. The van der Waals surface area contributed by atoms with Crippen molar-refractivity contribution in [1.82, 2.24) is 29.5 Å². The molecule has 0 bridgehead atoms. The highest BCUT2D eigenvalue weighted by molar-refractivity contribution is 5.97. The van der Waals surface area contributed by atoms with Crippen molar-refractivity contribution in [1.29, 1.82) is 0 Å². The Balaban J connectivity index is 1.38. The van der Waals surface area contributed by atoms with E-state index >= 15 is 0 Å². The molecule has 4 aromatic rings. The third-order valence-corrected chi connectivity index (χ3v) is 5.75. The number of nitrogens with one attached hydrogen (secondary N) is 2. The van der Waals surface area contributed by atoms with Crippen molar-refractivity contribution in [3.63, 3.8) is 0 Å². The van der Waals surface area contributed by atoms with Crippen molar-refractivity contribution in [2.75, 3.05) is 25.6 Å². The van der Waals surface area contributed by atoms with Crippen LogP contribution in [0.2, 0.25) is 0 Å². The third-order valence-electron chi connectivity index (χ3n) is 5.75. The summed E-state index contributed by atoms with van der Waals surface area (Å²) in [6.45, 7) is 0.468. The molecule has 10 heteroatoms. The molecular formula is C21H25N7O3. The van der Waals surface area contributed by atoms with Crippen LogP contribution in [-0.4, -0.2) is 67.1 Å². The smallest absolute Gasteiger partial charge is 0.228 e. The molecule has 1 fully saturated rings. The Kier molecular flexibility index (Phi) is 5.39. The van der Waals surface area contributed by atoms with Gasteiger partial charge in [0.05, 0.1) is 31.8 Å². The highest BCUT2D eigenvalue weighted by atomic mass is 16.5. The average molecular weight is 423 g/mol. The number of hydrogen-bond acceptors (Lipinski definition) is 8. The number of fused-ring (bicyclic) bond motifs is 2. The Morgan fingerprint density at radius 2 is 2.10 bits per heavy atom. The fourth-order valence-corrected chi connectivity index (χ4v) is 4.20. The first-order chi connectivity index (χ1) is 15.2. The summed E-state index contributed by atoms with van der Waals surface area (Å²) in [7, 11) is 1.62. The van der Waals surface area contributed by atoms with Crippen LogP contribution >= 0.6 is 0 Å². The molecule has 3 N–H and O–H groups in total. The van der Waals surface area contributed by atoms with Crippen LogP contribution in [0.1, 0.15) is 25.7 Å². The lowest BCUT2D eigenvalue weighted by atomic mass is 9.93. The standard InChI is InChI=1S/C21H25N7O3/c1-30-20-18-16(13-2-7-17-27-23-12-28(17)11-13)10-22-19(18)25-21(26-20)24-14-3-5-15(6-4-14)31-9-8-29/h2,7,10-12,14-15,29H,3-6,8-9H2,1H3,(H2,22,24,25,26)/t14-,15-. The summed E-state index contributed by atoms with van der Waals surface area (Å²) in [5.74, 6) is 1.07. The second-order valence-corrected chi connectivity index (χ2v) is 7.71. The molecule has 4 heterocycles. The fourth-order valence-electron chi connectivity index (χ4n) is 4.20. The molecular weight excluding hydrogens is 398 g/mol. The molecule has 0 radical (unpaired) electrons. The summed E-state index contributed by atoms with van der Waals surface area (Å²) < 4.78 is 13.1. The SMILES string of the molecule is COc1nc(N[C@H]2CC[C@H](OCCO)CC2)nc2[nH]cc(-c3ccc4nncn4c3)c12. The third kappa shape index (κ3) is 3.91. The molecule has 0 amide bonds. The summed E-state index contributed by atoms with van der Waals surface area (Å²) >= 11 is 0. The van der Waals surface area contributed by atoms with Gasteiger partial charge in [-0.15, -0.1) is 10.2 Å². The van der Waals surface area contributed by atoms with Gasteiger partial charge in [-0.3, -0.25) is 4.40 Å². The van der Waals surface area contributed by atoms with E-state index in [1.807, 2.05) is 28.9 Å². The lowest BCUT2D eigenvalue weighted by molar-refractivity contribution is 0.00719. The summed E-state index contributed by atoms with van der Waals surface area (Å²) in [5, 5.41) is 21.2. The number of hydrogen-bond donors (Lipinski definition) is 3. The van der Waals surface area contributed by atoms with Gasteiger partial charge in [0.15, 0.2) is 5.65 Å². The number of aromatic amines is 1. The number of aromatic nitrogens is 6. The molecule has 31 heavy (non-hydrogen) atoms. The minimum absolute atomic E-state index is 0.0665. The molecule has 0 saturated heterocycles. The summed E-state index contributed by atoms with van der Waals surface area (Å²) in [6, 6.07) is 4.20. The van der Waals surface area contributed by atoms with Gasteiger partial charge in [-0.1, -0.05) is 0 Å². The normalized spacial score (nSPS) is 19.2. The van der Waals surface area contributed by atoms with Crippen molar-refractivity contribution in [3.8, 4) is 17.0 Å². The average Bonchev–Trinajstić information content (AvgIpc) is 3.44. The summed E-state index contributed by atoms with van der Waals surface area (Å²) in [5.41, 5.74) is 3.45. The Hall–Kier alpha value is -3.24. The Bertz CT molecular complexity index is 1180. The van der Waals surface area contributed by atoms with Crippen LogP contribution in [0.25, 0.3) is 27.8 Å². The van der Waals surface area contributed by atoms with E-state index < -0.39 is 0 Å². The molecule has 0 aromatic carbocycles. The summed E-state index contributed by atoms with van der Waals surface area (Å²) in [4.78, 5) is 12.6. The van der Waals surface area contributed by atoms with Crippen LogP contribution in [0.15, 0.2) is 30.9 Å². The van der Waals surface area contributed by atoms with E-state index in [2.05, 4.69) is 25.5 Å².